The molecule has 0 saturated carbocycles. The number of hydrogen-bond donors (Lipinski definition) is 0. The standard InChI is InChI=1S/C54H36N2O/c1-3-15-37(16-4-1)38-27-30-41(31-28-38)55(42-32-34-54-48(36-42)46-22-10-14-26-53(46)57-54)52-33-29-40(35-47(52)39-17-5-2-6-18-39)43-19-7-11-23-49(43)56-50-24-12-8-20-44(50)45-21-9-13-25-51(45)56/h1-36H. The van der Waals surface area contributed by atoms with Gasteiger partial charge in [-0.2, -0.15) is 0 Å². The SMILES string of the molecule is c1ccc(-c2ccc(N(c3ccc4oc5ccccc5c4c3)c3ccc(-c4ccccc4-n4c5ccccc5c5ccccc54)cc3-c3ccccc3)cc2)cc1. The van der Waals surface area contributed by atoms with Crippen molar-refractivity contribution >= 4 is 60.8 Å². The molecule has 11 aromatic rings. The molecule has 0 aliphatic carbocycles. The van der Waals surface area contributed by atoms with E-state index < -0.39 is 0 Å². The maximum Gasteiger partial charge on any atom is 0.135 e. The van der Waals surface area contributed by atoms with E-state index in [9.17, 15) is 0 Å². The van der Waals surface area contributed by atoms with Crippen LogP contribution >= 0.6 is 0 Å². The number of hydrogen-bond acceptors (Lipinski definition) is 2. The molecule has 0 amide bonds. The lowest BCUT2D eigenvalue weighted by molar-refractivity contribution is 0.669. The van der Waals surface area contributed by atoms with Crippen LogP contribution < -0.4 is 4.90 Å². The number of rotatable bonds is 7. The fourth-order valence-electron chi connectivity index (χ4n) is 8.56. The van der Waals surface area contributed by atoms with Crippen molar-refractivity contribution < 1.29 is 4.42 Å². The topological polar surface area (TPSA) is 21.3 Å². The van der Waals surface area contributed by atoms with E-state index in [1.165, 1.54) is 32.9 Å². The third kappa shape index (κ3) is 5.60. The Morgan fingerprint density at radius 1 is 0.333 bits per heavy atom. The van der Waals surface area contributed by atoms with Crippen molar-refractivity contribution in [3.63, 3.8) is 0 Å². The second-order valence-electron chi connectivity index (χ2n) is 14.5. The number of benzene rings is 9. The normalized spacial score (nSPS) is 11.5. The lowest BCUT2D eigenvalue weighted by Crippen LogP contribution is -2.11. The van der Waals surface area contributed by atoms with E-state index in [1.54, 1.807) is 0 Å². The molecule has 0 radical (unpaired) electrons. The molecule has 57 heavy (non-hydrogen) atoms. The van der Waals surface area contributed by atoms with Gasteiger partial charge in [0.2, 0.25) is 0 Å². The molecule has 0 unspecified atom stereocenters. The van der Waals surface area contributed by atoms with E-state index in [4.69, 9.17) is 4.42 Å². The highest BCUT2D eigenvalue weighted by molar-refractivity contribution is 6.10. The molecule has 0 spiro atoms. The predicted octanol–water partition coefficient (Wildman–Crippen LogP) is 15.2. The Kier molecular flexibility index (Phi) is 7.82. The zero-order valence-electron chi connectivity index (χ0n) is 31.1. The van der Waals surface area contributed by atoms with Gasteiger partial charge in [0.25, 0.3) is 0 Å². The summed E-state index contributed by atoms with van der Waals surface area (Å²) >= 11 is 0. The fourth-order valence-corrected chi connectivity index (χ4v) is 8.56. The molecule has 3 heteroatoms. The highest BCUT2D eigenvalue weighted by atomic mass is 16.3. The van der Waals surface area contributed by atoms with Gasteiger partial charge in [-0.25, -0.2) is 0 Å². The highest BCUT2D eigenvalue weighted by Gasteiger charge is 2.22. The summed E-state index contributed by atoms with van der Waals surface area (Å²) in [6.45, 7) is 0. The minimum absolute atomic E-state index is 0.875. The molecular formula is C54H36N2O. The summed E-state index contributed by atoms with van der Waals surface area (Å²) in [5, 5.41) is 4.69. The van der Waals surface area contributed by atoms with Gasteiger partial charge >= 0.3 is 0 Å². The minimum atomic E-state index is 0.875. The smallest absolute Gasteiger partial charge is 0.135 e. The van der Waals surface area contributed by atoms with Crippen molar-refractivity contribution in [1.29, 1.82) is 0 Å². The molecule has 9 aromatic carbocycles. The number of nitrogens with zero attached hydrogens (tertiary/aromatic N) is 2. The van der Waals surface area contributed by atoms with Crippen molar-refractivity contribution in [1.82, 2.24) is 4.57 Å². The van der Waals surface area contributed by atoms with Gasteiger partial charge in [-0.1, -0.05) is 152 Å². The van der Waals surface area contributed by atoms with Crippen LogP contribution in [-0.4, -0.2) is 4.57 Å². The molecule has 0 saturated heterocycles. The molecule has 2 aromatic heterocycles. The van der Waals surface area contributed by atoms with Crippen LogP contribution in [0.4, 0.5) is 17.1 Å². The van der Waals surface area contributed by atoms with E-state index in [0.717, 1.165) is 66.9 Å². The summed E-state index contributed by atoms with van der Waals surface area (Å²) < 4.78 is 8.71. The molecule has 0 N–H and O–H groups in total. The van der Waals surface area contributed by atoms with E-state index in [-0.39, 0.29) is 0 Å². The first kappa shape index (κ1) is 32.8. The van der Waals surface area contributed by atoms with E-state index in [1.807, 2.05) is 12.1 Å². The Hall–Kier alpha value is -7.62. The third-order valence-corrected chi connectivity index (χ3v) is 11.2. The van der Waals surface area contributed by atoms with Crippen LogP contribution in [0.25, 0.3) is 82.8 Å². The molecule has 0 atom stereocenters. The van der Waals surface area contributed by atoms with Gasteiger partial charge < -0.3 is 13.9 Å². The Balaban J connectivity index is 1.13. The predicted molar refractivity (Wildman–Crippen MR) is 239 cm³/mol. The summed E-state index contributed by atoms with van der Waals surface area (Å²) in [6, 6.07) is 78.2. The molecule has 11 rings (SSSR count). The third-order valence-electron chi connectivity index (χ3n) is 11.2. The Bertz CT molecular complexity index is 3180. The molecule has 0 fully saturated rings. The summed E-state index contributed by atoms with van der Waals surface area (Å²) in [4.78, 5) is 2.39. The van der Waals surface area contributed by atoms with Crippen molar-refractivity contribution in [3.8, 4) is 39.1 Å². The highest BCUT2D eigenvalue weighted by Crippen LogP contribution is 2.45. The Morgan fingerprint density at radius 2 is 0.877 bits per heavy atom. The van der Waals surface area contributed by atoms with Crippen LogP contribution in [0.15, 0.2) is 223 Å². The summed E-state index contributed by atoms with van der Waals surface area (Å²) in [7, 11) is 0. The monoisotopic (exact) mass is 728 g/mol. The van der Waals surface area contributed by atoms with Gasteiger partial charge in [0.05, 0.1) is 22.4 Å². The van der Waals surface area contributed by atoms with E-state index in [0.29, 0.717) is 0 Å². The maximum absolute atomic E-state index is 6.30. The van der Waals surface area contributed by atoms with Crippen molar-refractivity contribution in [2.75, 3.05) is 4.90 Å². The zero-order chi connectivity index (χ0) is 37.7. The quantitative estimate of drug-likeness (QED) is 0.163. The van der Waals surface area contributed by atoms with Gasteiger partial charge in [-0.15, -0.1) is 0 Å². The molecule has 0 aliphatic heterocycles. The molecule has 2 heterocycles. The molecular weight excluding hydrogens is 693 g/mol. The van der Waals surface area contributed by atoms with Gasteiger partial charge in [-0.05, 0) is 89.0 Å². The minimum Gasteiger partial charge on any atom is -0.456 e. The zero-order valence-corrected chi connectivity index (χ0v) is 31.1. The Morgan fingerprint density at radius 3 is 1.61 bits per heavy atom. The number of anilines is 3. The van der Waals surface area contributed by atoms with Crippen LogP contribution in [0.2, 0.25) is 0 Å². The number of aromatic nitrogens is 1. The van der Waals surface area contributed by atoms with Gasteiger partial charge in [-0.3, -0.25) is 0 Å². The van der Waals surface area contributed by atoms with Gasteiger partial charge in [0.15, 0.2) is 0 Å². The molecule has 0 aliphatic rings. The number of furan rings is 1. The number of para-hydroxylation sites is 4. The van der Waals surface area contributed by atoms with E-state index >= 15 is 0 Å². The second kappa shape index (κ2) is 13.6. The fraction of sp³-hybridized carbons (Fsp3) is 0. The van der Waals surface area contributed by atoms with Gasteiger partial charge in [0.1, 0.15) is 11.2 Å². The molecule has 3 nitrogen and oxygen atoms in total. The Labute approximate surface area is 330 Å². The summed E-state index contributed by atoms with van der Waals surface area (Å²) in [6.07, 6.45) is 0. The number of fused-ring (bicyclic) bond motifs is 6. The van der Waals surface area contributed by atoms with Crippen molar-refractivity contribution in [2.45, 2.75) is 0 Å². The first-order chi connectivity index (χ1) is 28.3. The van der Waals surface area contributed by atoms with Gasteiger partial charge in [0, 0.05) is 44.0 Å². The van der Waals surface area contributed by atoms with Crippen molar-refractivity contribution in [3.05, 3.63) is 218 Å². The average Bonchev–Trinajstić information content (AvgIpc) is 3.83. The second-order valence-corrected chi connectivity index (χ2v) is 14.5. The largest absolute Gasteiger partial charge is 0.456 e. The maximum atomic E-state index is 6.30. The molecule has 268 valence electrons. The summed E-state index contributed by atoms with van der Waals surface area (Å²) in [5.74, 6) is 0. The van der Waals surface area contributed by atoms with E-state index in [2.05, 4.69) is 216 Å². The first-order valence-electron chi connectivity index (χ1n) is 19.4. The lowest BCUT2D eigenvalue weighted by atomic mass is 9.95. The average molecular weight is 729 g/mol. The molecule has 0 bridgehead atoms. The van der Waals surface area contributed by atoms with Crippen LogP contribution in [0, 0.1) is 0 Å². The first-order valence-corrected chi connectivity index (χ1v) is 19.4. The van der Waals surface area contributed by atoms with Crippen LogP contribution in [0.1, 0.15) is 0 Å². The van der Waals surface area contributed by atoms with Crippen LogP contribution in [0.3, 0.4) is 0 Å². The van der Waals surface area contributed by atoms with Crippen LogP contribution in [0.5, 0.6) is 0 Å². The van der Waals surface area contributed by atoms with Crippen LogP contribution in [-0.2, 0) is 0 Å². The lowest BCUT2D eigenvalue weighted by Gasteiger charge is -2.29. The summed E-state index contributed by atoms with van der Waals surface area (Å²) in [5.41, 5.74) is 15.5. The van der Waals surface area contributed by atoms with Crippen molar-refractivity contribution in [2.24, 2.45) is 0 Å².